The van der Waals surface area contributed by atoms with Crippen molar-refractivity contribution in [3.63, 3.8) is 0 Å². The Bertz CT molecular complexity index is 877. The summed E-state index contributed by atoms with van der Waals surface area (Å²) in [7, 11) is 0. The van der Waals surface area contributed by atoms with Gasteiger partial charge in [0.15, 0.2) is 0 Å². The fraction of sp³-hybridized carbons (Fsp3) is 0.520. The molecule has 0 rings (SSSR count). The van der Waals surface area contributed by atoms with Crippen molar-refractivity contribution in [1.29, 1.82) is 0 Å². The third-order valence-corrected chi connectivity index (χ3v) is 4.50. The predicted octanol–water partition coefficient (Wildman–Crippen LogP) is 4.04. The first kappa shape index (κ1) is 31.4. The van der Waals surface area contributed by atoms with Gasteiger partial charge in [-0.1, -0.05) is 64.7 Å². The summed E-state index contributed by atoms with van der Waals surface area (Å²) in [4.78, 5) is 71.5. The highest BCUT2D eigenvalue weighted by Gasteiger charge is 2.25. The molecule has 0 heterocycles. The first-order chi connectivity index (χ1) is 16.5. The van der Waals surface area contributed by atoms with Gasteiger partial charge in [-0.25, -0.2) is 14.4 Å². The molecule has 0 aromatic heterocycles. The van der Waals surface area contributed by atoms with E-state index in [9.17, 15) is 28.8 Å². The van der Waals surface area contributed by atoms with Gasteiger partial charge in [0.2, 0.25) is 0 Å². The minimum atomic E-state index is -1.27. The van der Waals surface area contributed by atoms with Crippen LogP contribution in [0.2, 0.25) is 0 Å². The van der Waals surface area contributed by atoms with Crippen LogP contribution in [-0.4, -0.2) is 46.0 Å². The topological polar surface area (TPSA) is 161 Å². The van der Waals surface area contributed by atoms with Crippen LogP contribution < -0.4 is 0 Å². The molecular formula is C25H34O10. The number of rotatable bonds is 16. The van der Waals surface area contributed by atoms with Crippen LogP contribution in [0.3, 0.4) is 0 Å². The number of esters is 4. The van der Waals surface area contributed by atoms with E-state index in [1.54, 1.807) is 0 Å². The number of unbranched alkanes of at least 4 members (excludes halogenated alkanes) is 4. The highest BCUT2D eigenvalue weighted by atomic mass is 16.6. The number of ether oxygens (including phenoxy) is 2. The fourth-order valence-electron chi connectivity index (χ4n) is 2.70. The average molecular weight is 495 g/mol. The molecule has 0 aliphatic heterocycles. The summed E-state index contributed by atoms with van der Waals surface area (Å²) in [5, 5.41) is 18.0. The molecule has 0 bridgehead atoms. The Morgan fingerprint density at radius 1 is 0.571 bits per heavy atom. The van der Waals surface area contributed by atoms with Crippen LogP contribution in [0, 0.1) is 0 Å². The lowest BCUT2D eigenvalue weighted by Crippen LogP contribution is -2.21. The molecule has 0 radical (unpaired) electrons. The Balaban J connectivity index is 5.53. The molecule has 0 spiro atoms. The average Bonchev–Trinajstić information content (AvgIpc) is 2.78. The molecular weight excluding hydrogens is 460 g/mol. The predicted molar refractivity (Wildman–Crippen MR) is 125 cm³/mol. The molecule has 0 aromatic rings. The minimum absolute atomic E-state index is 0.193. The molecule has 0 amide bonds. The van der Waals surface area contributed by atoms with E-state index in [0.29, 0.717) is 38.5 Å². The number of carbonyl (C=O) groups is 6. The normalized spacial score (nSPS) is 12.1. The Labute approximate surface area is 204 Å². The van der Waals surface area contributed by atoms with Crippen LogP contribution in [-0.2, 0) is 38.2 Å². The van der Waals surface area contributed by atoms with Crippen LogP contribution in [0.1, 0.15) is 85.0 Å². The van der Waals surface area contributed by atoms with Gasteiger partial charge in [0.05, 0.1) is 19.3 Å². The summed E-state index contributed by atoms with van der Waals surface area (Å²) >= 11 is 0. The van der Waals surface area contributed by atoms with Crippen LogP contribution in [0.4, 0.5) is 0 Å². The maximum absolute atomic E-state index is 12.6. The van der Waals surface area contributed by atoms with Gasteiger partial charge in [0.25, 0.3) is 0 Å². The van der Waals surface area contributed by atoms with Crippen LogP contribution in [0.25, 0.3) is 0 Å². The van der Waals surface area contributed by atoms with E-state index in [1.165, 1.54) is 18.2 Å². The number of hydrogen-bond acceptors (Lipinski definition) is 8. The van der Waals surface area contributed by atoms with Gasteiger partial charge < -0.3 is 19.7 Å². The van der Waals surface area contributed by atoms with E-state index in [1.807, 2.05) is 20.8 Å². The Morgan fingerprint density at radius 3 is 1.37 bits per heavy atom. The number of carboxylic acid groups (broad SMARTS) is 2. The van der Waals surface area contributed by atoms with Crippen molar-refractivity contribution in [3.8, 4) is 0 Å². The Hall–Kier alpha value is -3.56. The van der Waals surface area contributed by atoms with Crippen LogP contribution >= 0.6 is 0 Å². The van der Waals surface area contributed by atoms with Gasteiger partial charge in [-0.3, -0.25) is 14.4 Å². The van der Waals surface area contributed by atoms with Crippen molar-refractivity contribution in [2.24, 2.45) is 0 Å². The Kier molecular flexibility index (Phi) is 16.0. The third-order valence-electron chi connectivity index (χ3n) is 4.50. The number of aliphatic carboxylic acids is 2. The van der Waals surface area contributed by atoms with Gasteiger partial charge in [0, 0.05) is 16.7 Å². The second kappa shape index (κ2) is 17.9. The van der Waals surface area contributed by atoms with Gasteiger partial charge in [0.1, 0.15) is 0 Å². The summed E-state index contributed by atoms with van der Waals surface area (Å²) in [6.45, 7) is 5.56. The standard InChI is InChI=1S/C25H34O10/c1-4-7-10-13-19(25(33)35-24(32)18(12-9-6-3)15-21(28)29)16-22(30)34-23(31)17(11-8-5-2)14-20(26)27/h11-13H,4-10,14-16H2,1-3H3,(H,26,27)(H,28,29). The van der Waals surface area contributed by atoms with E-state index in [0.717, 1.165) is 6.42 Å². The molecule has 0 atom stereocenters. The van der Waals surface area contributed by atoms with Crippen molar-refractivity contribution in [3.05, 3.63) is 34.9 Å². The van der Waals surface area contributed by atoms with Crippen LogP contribution in [0.15, 0.2) is 34.9 Å². The van der Waals surface area contributed by atoms with Crippen molar-refractivity contribution in [1.82, 2.24) is 0 Å². The third kappa shape index (κ3) is 14.3. The monoisotopic (exact) mass is 494 g/mol. The smallest absolute Gasteiger partial charge is 0.342 e. The molecule has 2 N–H and O–H groups in total. The first-order valence-corrected chi connectivity index (χ1v) is 11.6. The van der Waals surface area contributed by atoms with E-state index in [-0.39, 0.29) is 16.7 Å². The Morgan fingerprint density at radius 2 is 0.971 bits per heavy atom. The van der Waals surface area contributed by atoms with Crippen LogP contribution in [0.5, 0.6) is 0 Å². The van der Waals surface area contributed by atoms with Gasteiger partial charge in [-0.05, 0) is 19.3 Å². The van der Waals surface area contributed by atoms with E-state index in [2.05, 4.69) is 0 Å². The second-order valence-corrected chi connectivity index (χ2v) is 7.66. The molecule has 0 fully saturated rings. The lowest BCUT2D eigenvalue weighted by molar-refractivity contribution is -0.160. The summed E-state index contributed by atoms with van der Waals surface area (Å²) < 4.78 is 9.53. The molecule has 0 saturated carbocycles. The van der Waals surface area contributed by atoms with Gasteiger partial charge in [-0.15, -0.1) is 0 Å². The molecule has 0 aromatic carbocycles. The minimum Gasteiger partial charge on any atom is -0.481 e. The van der Waals surface area contributed by atoms with Gasteiger partial charge in [-0.2, -0.15) is 0 Å². The molecule has 35 heavy (non-hydrogen) atoms. The summed E-state index contributed by atoms with van der Waals surface area (Å²) in [6, 6.07) is 0. The lowest BCUT2D eigenvalue weighted by Gasteiger charge is -2.09. The SMILES string of the molecule is CCCC=C(CC(=O)O)C(=O)OC(=O)CC(=CCCCC)C(=O)OC(=O)C(=CCCC)CC(=O)O. The maximum Gasteiger partial charge on any atom is 0.342 e. The van der Waals surface area contributed by atoms with E-state index >= 15 is 0 Å². The number of carboxylic acids is 2. The van der Waals surface area contributed by atoms with Crippen molar-refractivity contribution >= 4 is 35.8 Å². The molecule has 0 saturated heterocycles. The highest BCUT2D eigenvalue weighted by Crippen LogP contribution is 2.15. The summed E-state index contributed by atoms with van der Waals surface area (Å²) in [5.74, 6) is -7.09. The largest absolute Gasteiger partial charge is 0.481 e. The molecule has 10 nitrogen and oxygen atoms in total. The fourth-order valence-corrected chi connectivity index (χ4v) is 2.70. The quantitative estimate of drug-likeness (QED) is 0.139. The number of allylic oxidation sites excluding steroid dienone is 3. The summed E-state index contributed by atoms with van der Waals surface area (Å²) in [6.07, 6.45) is 6.13. The lowest BCUT2D eigenvalue weighted by atomic mass is 10.1. The van der Waals surface area contributed by atoms with E-state index in [4.69, 9.17) is 19.7 Å². The molecule has 0 aliphatic carbocycles. The van der Waals surface area contributed by atoms with Crippen molar-refractivity contribution < 1.29 is 48.5 Å². The molecule has 0 unspecified atom stereocenters. The second-order valence-electron chi connectivity index (χ2n) is 7.66. The maximum atomic E-state index is 12.6. The zero-order chi connectivity index (χ0) is 26.8. The molecule has 10 heteroatoms. The van der Waals surface area contributed by atoms with Crippen molar-refractivity contribution in [2.45, 2.75) is 85.0 Å². The zero-order valence-electron chi connectivity index (χ0n) is 20.5. The molecule has 194 valence electrons. The highest BCUT2D eigenvalue weighted by molar-refractivity contribution is 6.06. The van der Waals surface area contributed by atoms with E-state index < -0.39 is 55.1 Å². The number of carbonyl (C=O) groups excluding carboxylic acids is 4. The molecule has 0 aliphatic rings. The van der Waals surface area contributed by atoms with Gasteiger partial charge >= 0.3 is 35.8 Å². The first-order valence-electron chi connectivity index (χ1n) is 11.6. The summed E-state index contributed by atoms with van der Waals surface area (Å²) in [5.41, 5.74) is -0.619. The zero-order valence-corrected chi connectivity index (χ0v) is 20.5. The number of hydrogen-bond donors (Lipinski definition) is 2. The van der Waals surface area contributed by atoms with Crippen molar-refractivity contribution in [2.75, 3.05) is 0 Å².